The van der Waals surface area contributed by atoms with Gasteiger partial charge in [-0.2, -0.15) is 5.10 Å². The van der Waals surface area contributed by atoms with Crippen molar-refractivity contribution in [1.29, 1.82) is 0 Å². The lowest BCUT2D eigenvalue weighted by Crippen LogP contribution is -2.06. The van der Waals surface area contributed by atoms with E-state index in [1.165, 1.54) is 18.4 Å². The Kier molecular flexibility index (Phi) is 5.53. The quantitative estimate of drug-likeness (QED) is 0.326. The average Bonchev–Trinajstić information content (AvgIpc) is 3.51. The summed E-state index contributed by atoms with van der Waals surface area (Å²) in [6.45, 7) is 0. The van der Waals surface area contributed by atoms with Gasteiger partial charge in [-0.25, -0.2) is 22.8 Å². The predicted molar refractivity (Wildman–Crippen MR) is 141 cm³/mol. The molecule has 6 rings (SSSR count). The standard InChI is InChI=1S/C27H21FN6O2S/c1-37(35,36)10-7-16-11-19(13-20(28)12-16)21-6-9-30-26-24(21)31-27(32-26)25-22-14-17(4-5-23(22)33-34-25)18-3-2-8-29-15-18/h2-6,8-9,11-15H,7,10H2,1H3,(H,33,34)(H,30,31,32). The molecule has 184 valence electrons. The molecule has 0 saturated carbocycles. The lowest BCUT2D eigenvalue weighted by Gasteiger charge is -2.07. The number of hydrogen-bond donors (Lipinski definition) is 2. The summed E-state index contributed by atoms with van der Waals surface area (Å²) in [6.07, 6.45) is 6.56. The number of hydrogen-bond acceptors (Lipinski definition) is 6. The molecule has 0 bridgehead atoms. The van der Waals surface area contributed by atoms with Gasteiger partial charge in [-0.1, -0.05) is 18.2 Å². The molecule has 0 radical (unpaired) electrons. The maximum atomic E-state index is 14.5. The fourth-order valence-electron chi connectivity index (χ4n) is 4.42. The van der Waals surface area contributed by atoms with Crippen LogP contribution in [0, 0.1) is 5.82 Å². The van der Waals surface area contributed by atoms with E-state index in [9.17, 15) is 12.8 Å². The molecule has 4 aromatic heterocycles. The number of rotatable bonds is 6. The van der Waals surface area contributed by atoms with E-state index >= 15 is 0 Å². The molecule has 37 heavy (non-hydrogen) atoms. The van der Waals surface area contributed by atoms with Gasteiger partial charge in [-0.3, -0.25) is 10.1 Å². The monoisotopic (exact) mass is 512 g/mol. The molecule has 0 aliphatic heterocycles. The van der Waals surface area contributed by atoms with Crippen molar-refractivity contribution in [3.8, 4) is 33.8 Å². The largest absolute Gasteiger partial charge is 0.335 e. The van der Waals surface area contributed by atoms with Gasteiger partial charge in [0.2, 0.25) is 0 Å². The van der Waals surface area contributed by atoms with E-state index < -0.39 is 15.7 Å². The summed E-state index contributed by atoms with van der Waals surface area (Å²) in [5, 5.41) is 8.43. The number of sulfone groups is 1. The zero-order valence-electron chi connectivity index (χ0n) is 19.7. The average molecular weight is 513 g/mol. The van der Waals surface area contributed by atoms with E-state index in [1.54, 1.807) is 24.5 Å². The first-order valence-corrected chi connectivity index (χ1v) is 13.6. The molecule has 0 saturated heterocycles. The first kappa shape index (κ1) is 23.0. The molecule has 8 nitrogen and oxygen atoms in total. The SMILES string of the molecule is CS(=O)(=O)CCc1cc(F)cc(-c2ccnc3nc(-c4n[nH]c5ccc(-c6cccnc6)cc45)[nH]c23)c1. The lowest BCUT2D eigenvalue weighted by atomic mass is 10.0. The number of H-pyrrole nitrogens is 2. The van der Waals surface area contributed by atoms with Crippen molar-refractivity contribution < 1.29 is 12.8 Å². The van der Waals surface area contributed by atoms with Gasteiger partial charge in [-0.05, 0) is 59.5 Å². The van der Waals surface area contributed by atoms with Crippen LogP contribution in [0.4, 0.5) is 4.39 Å². The summed E-state index contributed by atoms with van der Waals surface area (Å²) in [6, 6.07) is 16.3. The van der Waals surface area contributed by atoms with Gasteiger partial charge in [0.1, 0.15) is 21.3 Å². The van der Waals surface area contributed by atoms with Crippen molar-refractivity contribution in [3.05, 3.63) is 84.6 Å². The van der Waals surface area contributed by atoms with Crippen molar-refractivity contribution in [2.75, 3.05) is 12.0 Å². The van der Waals surface area contributed by atoms with E-state index in [2.05, 4.69) is 30.1 Å². The molecule has 0 spiro atoms. The smallest absolute Gasteiger partial charge is 0.178 e. The lowest BCUT2D eigenvalue weighted by molar-refractivity contribution is 0.600. The fraction of sp³-hybridized carbons (Fsp3) is 0.111. The highest BCUT2D eigenvalue weighted by Crippen LogP contribution is 2.33. The van der Waals surface area contributed by atoms with Gasteiger partial charge in [-0.15, -0.1) is 0 Å². The molecule has 2 N–H and O–H groups in total. The maximum absolute atomic E-state index is 14.5. The molecule has 6 aromatic rings. The first-order valence-electron chi connectivity index (χ1n) is 11.6. The Morgan fingerprint density at radius 1 is 0.973 bits per heavy atom. The van der Waals surface area contributed by atoms with Crippen LogP contribution in [0.2, 0.25) is 0 Å². The Morgan fingerprint density at radius 2 is 1.86 bits per heavy atom. The van der Waals surface area contributed by atoms with Gasteiger partial charge in [0.15, 0.2) is 11.5 Å². The van der Waals surface area contributed by atoms with Crippen LogP contribution in [0.15, 0.2) is 73.2 Å². The summed E-state index contributed by atoms with van der Waals surface area (Å²) < 4.78 is 37.7. The number of fused-ring (bicyclic) bond motifs is 2. The van der Waals surface area contributed by atoms with E-state index in [0.717, 1.165) is 22.0 Å². The molecule has 0 amide bonds. The Balaban J connectivity index is 1.44. The van der Waals surface area contributed by atoms with Gasteiger partial charge in [0.05, 0.1) is 16.8 Å². The highest BCUT2D eigenvalue weighted by atomic mass is 32.2. The van der Waals surface area contributed by atoms with Crippen molar-refractivity contribution in [3.63, 3.8) is 0 Å². The minimum Gasteiger partial charge on any atom is -0.335 e. The molecular weight excluding hydrogens is 491 g/mol. The Morgan fingerprint density at radius 3 is 2.68 bits per heavy atom. The Hall–Kier alpha value is -4.44. The fourth-order valence-corrected chi connectivity index (χ4v) is 5.03. The van der Waals surface area contributed by atoms with Crippen LogP contribution in [-0.4, -0.2) is 50.6 Å². The van der Waals surface area contributed by atoms with Crippen molar-refractivity contribution in [2.24, 2.45) is 0 Å². The van der Waals surface area contributed by atoms with Crippen LogP contribution in [-0.2, 0) is 16.3 Å². The zero-order valence-corrected chi connectivity index (χ0v) is 20.6. The summed E-state index contributed by atoms with van der Waals surface area (Å²) in [4.78, 5) is 16.6. The van der Waals surface area contributed by atoms with E-state index in [0.29, 0.717) is 39.4 Å². The zero-order chi connectivity index (χ0) is 25.6. The van der Waals surface area contributed by atoms with Crippen LogP contribution < -0.4 is 0 Å². The summed E-state index contributed by atoms with van der Waals surface area (Å²) in [5.74, 6) is 0.0357. The van der Waals surface area contributed by atoms with Crippen molar-refractivity contribution >= 4 is 31.9 Å². The molecule has 0 aliphatic carbocycles. The first-order chi connectivity index (χ1) is 17.8. The molecule has 0 atom stereocenters. The molecule has 4 heterocycles. The number of nitrogens with zero attached hydrogens (tertiary/aromatic N) is 4. The molecular formula is C27H21FN6O2S. The number of nitrogens with one attached hydrogen (secondary N) is 2. The molecule has 0 fully saturated rings. The molecule has 0 aliphatic rings. The predicted octanol–water partition coefficient (Wildman–Crippen LogP) is 4.96. The van der Waals surface area contributed by atoms with Gasteiger partial charge in [0.25, 0.3) is 0 Å². The van der Waals surface area contributed by atoms with Gasteiger partial charge >= 0.3 is 0 Å². The number of aromatic amines is 2. The summed E-state index contributed by atoms with van der Waals surface area (Å²) >= 11 is 0. The third-order valence-electron chi connectivity index (χ3n) is 6.20. The molecule has 0 unspecified atom stereocenters. The number of benzene rings is 2. The minimum atomic E-state index is -3.17. The Labute approximate surface area is 211 Å². The van der Waals surface area contributed by atoms with Crippen molar-refractivity contribution in [1.82, 2.24) is 30.1 Å². The maximum Gasteiger partial charge on any atom is 0.178 e. The highest BCUT2D eigenvalue weighted by molar-refractivity contribution is 7.90. The van der Waals surface area contributed by atoms with Crippen molar-refractivity contribution in [2.45, 2.75) is 6.42 Å². The summed E-state index contributed by atoms with van der Waals surface area (Å²) in [7, 11) is -3.17. The second kappa shape index (κ2) is 8.90. The van der Waals surface area contributed by atoms with Crippen LogP contribution in [0.3, 0.4) is 0 Å². The summed E-state index contributed by atoms with van der Waals surface area (Å²) in [5.41, 5.74) is 6.51. The number of aryl methyl sites for hydroxylation is 1. The van der Waals surface area contributed by atoms with Crippen LogP contribution in [0.1, 0.15) is 5.56 Å². The van der Waals surface area contributed by atoms with Crippen LogP contribution >= 0.6 is 0 Å². The van der Waals surface area contributed by atoms with Crippen LogP contribution in [0.25, 0.3) is 55.8 Å². The van der Waals surface area contributed by atoms with Gasteiger partial charge < -0.3 is 4.98 Å². The third-order valence-corrected chi connectivity index (χ3v) is 7.15. The normalized spacial score (nSPS) is 11.9. The Bertz CT molecular complexity index is 1880. The van der Waals surface area contributed by atoms with Gasteiger partial charge in [0, 0.05) is 41.4 Å². The number of aromatic nitrogens is 6. The molecule has 2 aromatic carbocycles. The topological polar surface area (TPSA) is 117 Å². The third kappa shape index (κ3) is 4.58. The van der Waals surface area contributed by atoms with E-state index in [-0.39, 0.29) is 12.2 Å². The number of pyridine rings is 2. The van der Waals surface area contributed by atoms with E-state index in [4.69, 9.17) is 0 Å². The number of imidazole rings is 1. The second-order valence-electron chi connectivity index (χ2n) is 8.94. The van der Waals surface area contributed by atoms with Crippen LogP contribution in [0.5, 0.6) is 0 Å². The highest BCUT2D eigenvalue weighted by Gasteiger charge is 2.17. The molecule has 10 heteroatoms. The minimum absolute atomic E-state index is 0.0525. The number of halogens is 1. The van der Waals surface area contributed by atoms with E-state index in [1.807, 2.05) is 36.5 Å². The second-order valence-corrected chi connectivity index (χ2v) is 11.2.